The summed E-state index contributed by atoms with van der Waals surface area (Å²) < 4.78 is 13.0. The maximum absolute atomic E-state index is 13.0. The van der Waals surface area contributed by atoms with E-state index in [0.29, 0.717) is 13.1 Å². The summed E-state index contributed by atoms with van der Waals surface area (Å²) in [7, 11) is 0. The number of nitrogens with one attached hydrogen (secondary N) is 1. The van der Waals surface area contributed by atoms with Crippen molar-refractivity contribution >= 4 is 18.3 Å². The van der Waals surface area contributed by atoms with Gasteiger partial charge in [-0.2, -0.15) is 0 Å². The lowest BCUT2D eigenvalue weighted by atomic mass is 9.95. The van der Waals surface area contributed by atoms with Gasteiger partial charge in [-0.15, -0.1) is 12.4 Å². The van der Waals surface area contributed by atoms with Crippen molar-refractivity contribution in [3.63, 3.8) is 0 Å². The molecule has 0 bridgehead atoms. The lowest BCUT2D eigenvalue weighted by Crippen LogP contribution is -2.38. The summed E-state index contributed by atoms with van der Waals surface area (Å²) in [6.45, 7) is 3.71. The van der Waals surface area contributed by atoms with Gasteiger partial charge in [0.1, 0.15) is 5.82 Å². The lowest BCUT2D eigenvalue weighted by molar-refractivity contribution is -0.122. The quantitative estimate of drug-likeness (QED) is 0.842. The van der Waals surface area contributed by atoms with Gasteiger partial charge in [-0.05, 0) is 30.2 Å². The molecule has 0 radical (unpaired) electrons. The first-order valence-electron chi connectivity index (χ1n) is 8.60. The van der Waals surface area contributed by atoms with E-state index in [-0.39, 0.29) is 42.1 Å². The molecular weight excluding hydrogens is 353 g/mol. The van der Waals surface area contributed by atoms with Crippen molar-refractivity contribution in [2.45, 2.75) is 24.9 Å². The number of likely N-dealkylation sites (tertiary alicyclic amines) is 1. The fourth-order valence-corrected chi connectivity index (χ4v) is 3.42. The number of carbonyl (C=O) groups is 1. The van der Waals surface area contributed by atoms with Gasteiger partial charge in [0.25, 0.3) is 0 Å². The number of rotatable bonds is 5. The molecule has 2 aromatic carbocycles. The summed E-state index contributed by atoms with van der Waals surface area (Å²) in [6.07, 6.45) is 0. The van der Waals surface area contributed by atoms with Gasteiger partial charge in [-0.25, -0.2) is 4.39 Å². The highest BCUT2D eigenvalue weighted by atomic mass is 35.5. The van der Waals surface area contributed by atoms with Gasteiger partial charge in [0.05, 0.1) is 12.6 Å². The van der Waals surface area contributed by atoms with Crippen LogP contribution in [-0.4, -0.2) is 36.5 Å². The summed E-state index contributed by atoms with van der Waals surface area (Å²) in [6, 6.07) is 16.3. The third kappa shape index (κ3) is 5.04. The zero-order chi connectivity index (χ0) is 17.8. The maximum atomic E-state index is 13.0. The van der Waals surface area contributed by atoms with Crippen molar-refractivity contribution in [3.8, 4) is 0 Å². The van der Waals surface area contributed by atoms with Crippen LogP contribution in [0.1, 0.15) is 30.0 Å². The second-order valence-electron chi connectivity index (χ2n) is 6.72. The predicted octanol–water partition coefficient (Wildman–Crippen LogP) is 2.85. The fourth-order valence-electron chi connectivity index (χ4n) is 3.42. The molecule has 1 fully saturated rings. The molecule has 0 saturated carbocycles. The summed E-state index contributed by atoms with van der Waals surface area (Å²) >= 11 is 0. The number of nitrogens with two attached hydrogens (primary N) is 1. The molecule has 1 unspecified atom stereocenters. The van der Waals surface area contributed by atoms with Gasteiger partial charge in [0.2, 0.25) is 5.91 Å². The predicted molar refractivity (Wildman–Crippen MR) is 104 cm³/mol. The van der Waals surface area contributed by atoms with Crippen molar-refractivity contribution in [2.24, 2.45) is 5.73 Å². The molecule has 0 aromatic heterocycles. The monoisotopic (exact) mass is 377 g/mol. The van der Waals surface area contributed by atoms with Crippen LogP contribution in [0.4, 0.5) is 4.39 Å². The van der Waals surface area contributed by atoms with E-state index in [1.54, 1.807) is 12.1 Å². The molecule has 0 aliphatic carbocycles. The van der Waals surface area contributed by atoms with Crippen molar-refractivity contribution in [3.05, 3.63) is 71.5 Å². The number of halogens is 2. The van der Waals surface area contributed by atoms with Crippen LogP contribution in [-0.2, 0) is 4.79 Å². The summed E-state index contributed by atoms with van der Waals surface area (Å²) in [4.78, 5) is 14.4. The summed E-state index contributed by atoms with van der Waals surface area (Å²) in [5, 5.41) is 2.97. The first-order valence-corrected chi connectivity index (χ1v) is 8.60. The molecule has 1 heterocycles. The van der Waals surface area contributed by atoms with E-state index in [0.717, 1.165) is 12.1 Å². The van der Waals surface area contributed by atoms with Crippen LogP contribution >= 0.6 is 12.4 Å². The van der Waals surface area contributed by atoms with Crippen LogP contribution < -0.4 is 11.1 Å². The molecule has 3 rings (SSSR count). The molecule has 2 aromatic rings. The topological polar surface area (TPSA) is 58.4 Å². The van der Waals surface area contributed by atoms with Crippen molar-refractivity contribution in [1.82, 2.24) is 10.2 Å². The third-order valence-electron chi connectivity index (χ3n) is 4.78. The normalized spacial score (nSPS) is 21.0. The molecule has 4 nitrogen and oxygen atoms in total. The van der Waals surface area contributed by atoms with E-state index in [1.165, 1.54) is 17.7 Å². The van der Waals surface area contributed by atoms with Gasteiger partial charge in [-0.3, -0.25) is 9.69 Å². The second-order valence-corrected chi connectivity index (χ2v) is 6.72. The molecule has 3 atom stereocenters. The van der Waals surface area contributed by atoms with E-state index >= 15 is 0 Å². The SMILES string of the molecule is CC(NC(=O)CN1C[C@@H](N)[C@H](c2ccccc2)C1)c1ccc(F)cc1.Cl. The van der Waals surface area contributed by atoms with Crippen molar-refractivity contribution < 1.29 is 9.18 Å². The average Bonchev–Trinajstić information content (AvgIpc) is 2.96. The second kappa shape index (κ2) is 9.12. The van der Waals surface area contributed by atoms with Crippen LogP contribution in [0.3, 0.4) is 0 Å². The smallest absolute Gasteiger partial charge is 0.234 e. The maximum Gasteiger partial charge on any atom is 0.234 e. The molecule has 140 valence electrons. The highest BCUT2D eigenvalue weighted by Gasteiger charge is 2.32. The van der Waals surface area contributed by atoms with Crippen LogP contribution in [0.5, 0.6) is 0 Å². The first kappa shape index (κ1) is 20.4. The Morgan fingerprint density at radius 2 is 1.85 bits per heavy atom. The Morgan fingerprint density at radius 3 is 2.50 bits per heavy atom. The number of nitrogens with zero attached hydrogens (tertiary/aromatic N) is 1. The Morgan fingerprint density at radius 1 is 1.19 bits per heavy atom. The highest BCUT2D eigenvalue weighted by Crippen LogP contribution is 2.26. The highest BCUT2D eigenvalue weighted by molar-refractivity contribution is 5.85. The number of hydrogen-bond acceptors (Lipinski definition) is 3. The van der Waals surface area contributed by atoms with Crippen LogP contribution in [0.25, 0.3) is 0 Å². The minimum Gasteiger partial charge on any atom is -0.348 e. The van der Waals surface area contributed by atoms with E-state index in [1.807, 2.05) is 25.1 Å². The van der Waals surface area contributed by atoms with Gasteiger partial charge in [0.15, 0.2) is 0 Å². The number of hydrogen-bond donors (Lipinski definition) is 2. The molecule has 26 heavy (non-hydrogen) atoms. The summed E-state index contributed by atoms with van der Waals surface area (Å²) in [5.41, 5.74) is 8.38. The van der Waals surface area contributed by atoms with Gasteiger partial charge < -0.3 is 11.1 Å². The Hall–Kier alpha value is -1.95. The van der Waals surface area contributed by atoms with Crippen LogP contribution in [0, 0.1) is 5.82 Å². The Bertz CT molecular complexity index is 711. The Balaban J connectivity index is 0.00000243. The zero-order valence-electron chi connectivity index (χ0n) is 14.8. The van der Waals surface area contributed by atoms with Gasteiger partial charge in [-0.1, -0.05) is 42.5 Å². The lowest BCUT2D eigenvalue weighted by Gasteiger charge is -2.19. The molecule has 1 aliphatic heterocycles. The molecular formula is C20H25ClFN3O. The Labute approximate surface area is 160 Å². The fraction of sp³-hybridized carbons (Fsp3) is 0.350. The minimum absolute atomic E-state index is 0. The van der Waals surface area contributed by atoms with Crippen molar-refractivity contribution in [2.75, 3.05) is 19.6 Å². The number of amides is 1. The van der Waals surface area contributed by atoms with E-state index in [4.69, 9.17) is 5.73 Å². The molecule has 0 spiro atoms. The van der Waals surface area contributed by atoms with Crippen molar-refractivity contribution in [1.29, 1.82) is 0 Å². The molecule has 1 saturated heterocycles. The minimum atomic E-state index is -0.278. The molecule has 3 N–H and O–H groups in total. The third-order valence-corrected chi connectivity index (χ3v) is 4.78. The summed E-state index contributed by atoms with van der Waals surface area (Å²) in [5.74, 6) is -0.0680. The largest absolute Gasteiger partial charge is 0.348 e. The van der Waals surface area contributed by atoms with E-state index in [9.17, 15) is 9.18 Å². The van der Waals surface area contributed by atoms with E-state index in [2.05, 4.69) is 22.3 Å². The number of carbonyl (C=O) groups excluding carboxylic acids is 1. The Kier molecular flexibility index (Phi) is 7.14. The molecule has 1 amide bonds. The van der Waals surface area contributed by atoms with Gasteiger partial charge >= 0.3 is 0 Å². The zero-order valence-corrected chi connectivity index (χ0v) is 15.6. The first-order chi connectivity index (χ1) is 12.0. The standard InChI is InChI=1S/C20H24FN3O.ClH/c1-14(15-7-9-17(21)10-8-15)23-20(25)13-24-11-18(19(22)12-24)16-5-3-2-4-6-16;/h2-10,14,18-19H,11-13,22H2,1H3,(H,23,25);1H/t14?,18-,19+;/m0./s1. The average molecular weight is 378 g/mol. The van der Waals surface area contributed by atoms with Crippen LogP contribution in [0.2, 0.25) is 0 Å². The van der Waals surface area contributed by atoms with E-state index < -0.39 is 0 Å². The number of benzene rings is 2. The molecule has 6 heteroatoms. The van der Waals surface area contributed by atoms with Gasteiger partial charge in [0, 0.05) is 25.0 Å². The van der Waals surface area contributed by atoms with Crippen LogP contribution in [0.15, 0.2) is 54.6 Å². The molecule has 1 aliphatic rings.